The lowest BCUT2D eigenvalue weighted by Gasteiger charge is -2.29. The van der Waals surface area contributed by atoms with Crippen LogP contribution in [0.3, 0.4) is 0 Å². The van der Waals surface area contributed by atoms with Crippen LogP contribution in [0.5, 0.6) is 11.5 Å². The number of aryl methyl sites for hydroxylation is 1. The molecular weight excluding hydrogens is 467 g/mol. The second-order valence-corrected chi connectivity index (χ2v) is 12.6. The minimum absolute atomic E-state index is 0.102. The standard InChI is InChI=1S/C27H25O5PS/c1-20-15-16-26(27(17-20)34(28,29)30)33(23-11-5-4-6-12-23,24-13-7-9-21(18-24)31-2)25-14-8-10-22(19-25)32-3/h4-19H,1-3H3/p+1. The van der Waals surface area contributed by atoms with E-state index in [-0.39, 0.29) is 4.90 Å². The van der Waals surface area contributed by atoms with Gasteiger partial charge in [0.15, 0.2) is 0 Å². The van der Waals surface area contributed by atoms with Crippen LogP contribution in [0, 0.1) is 6.92 Å². The Morgan fingerprint density at radius 1 is 0.676 bits per heavy atom. The Labute approximate surface area is 201 Å². The van der Waals surface area contributed by atoms with Crippen LogP contribution < -0.4 is 30.7 Å². The van der Waals surface area contributed by atoms with Gasteiger partial charge in [0.2, 0.25) is 0 Å². The largest absolute Gasteiger partial charge is 0.497 e. The van der Waals surface area contributed by atoms with Gasteiger partial charge in [-0.1, -0.05) is 36.4 Å². The van der Waals surface area contributed by atoms with E-state index in [9.17, 15) is 13.0 Å². The molecule has 0 radical (unpaired) electrons. The molecule has 0 aliphatic carbocycles. The summed E-state index contributed by atoms with van der Waals surface area (Å²) in [6.45, 7) is 1.80. The first-order chi connectivity index (χ1) is 16.3. The van der Waals surface area contributed by atoms with E-state index in [4.69, 9.17) is 9.47 Å². The fraction of sp³-hybridized carbons (Fsp3) is 0.111. The minimum atomic E-state index is -4.53. The predicted octanol–water partition coefficient (Wildman–Crippen LogP) is 3.88. The van der Waals surface area contributed by atoms with E-state index in [1.54, 1.807) is 21.1 Å². The molecule has 0 aliphatic rings. The molecule has 0 saturated heterocycles. The summed E-state index contributed by atoms with van der Waals surface area (Å²) >= 11 is 0. The second kappa shape index (κ2) is 9.59. The fourth-order valence-corrected chi connectivity index (χ4v) is 9.99. The highest BCUT2D eigenvalue weighted by atomic mass is 32.2. The zero-order valence-electron chi connectivity index (χ0n) is 19.2. The van der Waals surface area contributed by atoms with Gasteiger partial charge in [0.05, 0.1) is 14.2 Å². The Kier molecular flexibility index (Phi) is 6.76. The van der Waals surface area contributed by atoms with E-state index in [2.05, 4.69) is 0 Å². The third-order valence-corrected chi connectivity index (χ3v) is 11.1. The molecule has 1 N–H and O–H groups in total. The van der Waals surface area contributed by atoms with Crippen LogP contribution in [0.2, 0.25) is 0 Å². The fourth-order valence-electron chi connectivity index (χ4n) is 4.26. The number of hydrogen-bond donors (Lipinski definition) is 1. The summed E-state index contributed by atoms with van der Waals surface area (Å²) in [5.74, 6) is 1.31. The molecule has 7 heteroatoms. The molecule has 0 fully saturated rings. The molecule has 0 atom stereocenters. The summed E-state index contributed by atoms with van der Waals surface area (Å²) in [5, 5.41) is 3.25. The van der Waals surface area contributed by atoms with Gasteiger partial charge in [0.25, 0.3) is 10.1 Å². The number of hydrogen-bond acceptors (Lipinski definition) is 4. The van der Waals surface area contributed by atoms with Gasteiger partial charge in [0.1, 0.15) is 44.9 Å². The minimum Gasteiger partial charge on any atom is -0.497 e. The van der Waals surface area contributed by atoms with Crippen molar-refractivity contribution in [1.82, 2.24) is 0 Å². The Morgan fingerprint density at radius 3 is 1.71 bits per heavy atom. The molecule has 4 rings (SSSR count). The molecule has 0 bridgehead atoms. The second-order valence-electron chi connectivity index (χ2n) is 7.86. The van der Waals surface area contributed by atoms with Crippen LogP contribution in [0.15, 0.2) is 102 Å². The molecule has 174 valence electrons. The van der Waals surface area contributed by atoms with Gasteiger partial charge >= 0.3 is 0 Å². The topological polar surface area (TPSA) is 72.8 Å². The summed E-state index contributed by atoms with van der Waals surface area (Å²) in [7, 11) is -4.17. The van der Waals surface area contributed by atoms with Crippen molar-refractivity contribution in [3.63, 3.8) is 0 Å². The number of methoxy groups -OCH3 is 2. The third-order valence-electron chi connectivity index (χ3n) is 5.78. The van der Waals surface area contributed by atoms with Crippen molar-refractivity contribution in [3.8, 4) is 11.5 Å². The smallest absolute Gasteiger partial charge is 0.298 e. The van der Waals surface area contributed by atoms with Crippen LogP contribution in [0.4, 0.5) is 0 Å². The SMILES string of the molecule is COc1cccc([P+](c2ccccc2)(c2cccc(OC)c2)c2ccc(C)cc2S(=O)(=O)O)c1. The van der Waals surface area contributed by atoms with E-state index >= 15 is 0 Å². The summed E-state index contributed by atoms with van der Waals surface area (Å²) in [4.78, 5) is -0.102. The van der Waals surface area contributed by atoms with Crippen molar-refractivity contribution >= 4 is 38.6 Å². The van der Waals surface area contributed by atoms with Gasteiger partial charge in [-0.15, -0.1) is 0 Å². The average Bonchev–Trinajstić information content (AvgIpc) is 2.85. The molecular formula is C27H26O5PS+. The van der Waals surface area contributed by atoms with Gasteiger partial charge in [-0.3, -0.25) is 4.55 Å². The molecule has 0 unspecified atom stereocenters. The zero-order valence-corrected chi connectivity index (χ0v) is 20.9. The molecule has 0 saturated carbocycles. The van der Waals surface area contributed by atoms with Crippen LogP contribution in [-0.2, 0) is 10.1 Å². The number of benzene rings is 4. The van der Waals surface area contributed by atoms with Crippen molar-refractivity contribution in [1.29, 1.82) is 0 Å². The van der Waals surface area contributed by atoms with E-state index in [0.717, 1.165) is 21.5 Å². The first kappa shape index (κ1) is 24.0. The van der Waals surface area contributed by atoms with E-state index in [0.29, 0.717) is 16.8 Å². The molecule has 0 aliphatic heterocycles. The third kappa shape index (κ3) is 4.32. The summed E-state index contributed by atoms with van der Waals surface area (Å²) < 4.78 is 46.9. The van der Waals surface area contributed by atoms with Crippen LogP contribution in [-0.4, -0.2) is 27.2 Å². The predicted molar refractivity (Wildman–Crippen MR) is 139 cm³/mol. The lowest BCUT2D eigenvalue weighted by molar-refractivity contribution is 0.415. The lowest BCUT2D eigenvalue weighted by atomic mass is 10.2. The zero-order chi connectivity index (χ0) is 24.3. The van der Waals surface area contributed by atoms with Crippen molar-refractivity contribution in [3.05, 3.63) is 103 Å². The maximum absolute atomic E-state index is 12.7. The Bertz CT molecular complexity index is 1370. The number of rotatable bonds is 7. The normalized spacial score (nSPS) is 11.8. The first-order valence-corrected chi connectivity index (χ1v) is 13.9. The van der Waals surface area contributed by atoms with Crippen molar-refractivity contribution in [2.24, 2.45) is 0 Å². The molecule has 34 heavy (non-hydrogen) atoms. The van der Waals surface area contributed by atoms with Crippen molar-refractivity contribution in [2.75, 3.05) is 14.2 Å². The summed E-state index contributed by atoms with van der Waals surface area (Å²) in [6, 6.07) is 30.4. The van der Waals surface area contributed by atoms with Gasteiger partial charge in [-0.05, 0) is 61.0 Å². The van der Waals surface area contributed by atoms with Crippen LogP contribution in [0.1, 0.15) is 5.56 Å². The quantitative estimate of drug-likeness (QED) is 0.313. The molecule has 0 spiro atoms. The molecule has 4 aromatic rings. The van der Waals surface area contributed by atoms with Crippen molar-refractivity contribution < 1.29 is 22.4 Å². The van der Waals surface area contributed by atoms with Gasteiger partial charge in [0, 0.05) is 12.1 Å². The molecule has 4 aromatic carbocycles. The molecule has 0 heterocycles. The van der Waals surface area contributed by atoms with Crippen LogP contribution >= 0.6 is 7.26 Å². The maximum Gasteiger partial charge on any atom is 0.298 e. The Morgan fingerprint density at radius 2 is 1.21 bits per heavy atom. The summed E-state index contributed by atoms with van der Waals surface area (Å²) in [6.07, 6.45) is 0. The Balaban J connectivity index is 2.26. The monoisotopic (exact) mass is 493 g/mol. The van der Waals surface area contributed by atoms with Gasteiger partial charge in [-0.25, -0.2) is 0 Å². The molecule has 0 aromatic heterocycles. The van der Waals surface area contributed by atoms with E-state index in [1.165, 1.54) is 6.07 Å². The van der Waals surface area contributed by atoms with Gasteiger partial charge < -0.3 is 9.47 Å². The summed E-state index contributed by atoms with van der Waals surface area (Å²) in [5.41, 5.74) is 0.735. The highest BCUT2D eigenvalue weighted by Gasteiger charge is 2.51. The first-order valence-electron chi connectivity index (χ1n) is 10.6. The Hall–Kier alpha value is -3.18. The molecule has 5 nitrogen and oxygen atoms in total. The molecule has 0 amide bonds. The maximum atomic E-state index is 12.7. The van der Waals surface area contributed by atoms with Crippen LogP contribution in [0.25, 0.3) is 0 Å². The highest BCUT2D eigenvalue weighted by Crippen LogP contribution is 2.56. The lowest BCUT2D eigenvalue weighted by Crippen LogP contribution is -2.40. The van der Waals surface area contributed by atoms with E-state index < -0.39 is 17.4 Å². The highest BCUT2D eigenvalue weighted by molar-refractivity contribution is 8.02. The van der Waals surface area contributed by atoms with Crippen molar-refractivity contribution in [2.45, 2.75) is 11.8 Å². The average molecular weight is 494 g/mol. The number of ether oxygens (including phenoxy) is 2. The van der Waals surface area contributed by atoms with Gasteiger partial charge in [-0.2, -0.15) is 8.42 Å². The van der Waals surface area contributed by atoms with E-state index in [1.807, 2.05) is 91.0 Å².